The van der Waals surface area contributed by atoms with Crippen molar-refractivity contribution in [2.45, 2.75) is 0 Å². The first-order valence-corrected chi connectivity index (χ1v) is 8.56. The van der Waals surface area contributed by atoms with E-state index in [1.165, 1.54) is 6.07 Å². The molecule has 0 bridgehead atoms. The fourth-order valence-corrected chi connectivity index (χ4v) is 3.44. The summed E-state index contributed by atoms with van der Waals surface area (Å²) in [6, 6.07) is 22.3. The molecule has 0 amide bonds. The van der Waals surface area contributed by atoms with Crippen molar-refractivity contribution in [2.75, 3.05) is 0 Å². The number of para-hydroxylation sites is 2. The number of fused-ring (bicyclic) bond motifs is 3. The van der Waals surface area contributed by atoms with E-state index < -0.39 is 0 Å². The van der Waals surface area contributed by atoms with E-state index in [1.54, 1.807) is 18.3 Å². The molecular formula is C22H15N3O2. The Kier molecular flexibility index (Phi) is 3.33. The van der Waals surface area contributed by atoms with Gasteiger partial charge in [0.1, 0.15) is 11.5 Å². The van der Waals surface area contributed by atoms with Crippen molar-refractivity contribution in [1.29, 1.82) is 0 Å². The number of hydrogen-bond acceptors (Lipinski definition) is 4. The van der Waals surface area contributed by atoms with Gasteiger partial charge in [-0.25, -0.2) is 9.97 Å². The maximum atomic E-state index is 10.6. The van der Waals surface area contributed by atoms with Crippen LogP contribution < -0.4 is 0 Å². The van der Waals surface area contributed by atoms with Gasteiger partial charge in [0.05, 0.1) is 16.7 Å². The van der Waals surface area contributed by atoms with E-state index in [9.17, 15) is 10.2 Å². The topological polar surface area (TPSA) is 70.7 Å². The van der Waals surface area contributed by atoms with E-state index in [1.807, 2.05) is 59.0 Å². The number of aromatic hydroxyl groups is 2. The third kappa shape index (κ3) is 2.40. The number of phenols is 2. The third-order valence-electron chi connectivity index (χ3n) is 4.65. The molecule has 27 heavy (non-hydrogen) atoms. The summed E-state index contributed by atoms with van der Waals surface area (Å²) in [5.41, 5.74) is 4.95. The monoisotopic (exact) mass is 353 g/mol. The smallest absolute Gasteiger partial charge is 0.235 e. The lowest BCUT2D eigenvalue weighted by atomic mass is 9.99. The standard InChI is InChI=1S/C22H15N3O2/c26-15-10-11-16(20(27)12-15)21-17(14-6-2-1-3-7-14)13-23-22-24-18-8-4-5-9-19(18)25(21)22/h1-13,26-27H. The Morgan fingerprint density at radius 2 is 1.56 bits per heavy atom. The molecule has 0 saturated heterocycles. The second kappa shape index (κ2) is 5.85. The van der Waals surface area contributed by atoms with Crippen molar-refractivity contribution in [2.24, 2.45) is 0 Å². The Labute approximate surface area is 154 Å². The summed E-state index contributed by atoms with van der Waals surface area (Å²) in [5.74, 6) is 0.564. The van der Waals surface area contributed by atoms with Crippen LogP contribution in [0, 0.1) is 0 Å². The molecule has 2 aromatic heterocycles. The molecule has 0 aliphatic heterocycles. The predicted molar refractivity (Wildman–Crippen MR) is 105 cm³/mol. The highest BCUT2D eigenvalue weighted by Crippen LogP contribution is 2.39. The van der Waals surface area contributed by atoms with Crippen LogP contribution >= 0.6 is 0 Å². The third-order valence-corrected chi connectivity index (χ3v) is 4.65. The van der Waals surface area contributed by atoms with Gasteiger partial charge in [-0.15, -0.1) is 0 Å². The molecule has 0 aliphatic carbocycles. The van der Waals surface area contributed by atoms with Crippen molar-refractivity contribution in [3.63, 3.8) is 0 Å². The average molecular weight is 353 g/mol. The quantitative estimate of drug-likeness (QED) is 0.485. The Morgan fingerprint density at radius 1 is 0.778 bits per heavy atom. The Balaban J connectivity index is 1.97. The summed E-state index contributed by atoms with van der Waals surface area (Å²) >= 11 is 0. The largest absolute Gasteiger partial charge is 0.508 e. The highest BCUT2D eigenvalue weighted by atomic mass is 16.3. The lowest BCUT2D eigenvalue weighted by molar-refractivity contribution is 0.451. The number of aromatic nitrogens is 3. The van der Waals surface area contributed by atoms with Gasteiger partial charge >= 0.3 is 0 Å². The van der Waals surface area contributed by atoms with E-state index in [-0.39, 0.29) is 11.5 Å². The van der Waals surface area contributed by atoms with Crippen molar-refractivity contribution >= 4 is 16.8 Å². The molecule has 0 unspecified atom stereocenters. The number of phenolic OH excluding ortho intramolecular Hbond substituents is 2. The molecule has 130 valence electrons. The zero-order chi connectivity index (χ0) is 18.4. The van der Waals surface area contributed by atoms with E-state index in [0.29, 0.717) is 11.3 Å². The summed E-state index contributed by atoms with van der Waals surface area (Å²) in [6.45, 7) is 0. The maximum absolute atomic E-state index is 10.6. The summed E-state index contributed by atoms with van der Waals surface area (Å²) < 4.78 is 1.95. The molecule has 5 nitrogen and oxygen atoms in total. The first kappa shape index (κ1) is 15.4. The summed E-state index contributed by atoms with van der Waals surface area (Å²) in [5, 5.41) is 20.3. The van der Waals surface area contributed by atoms with Gasteiger partial charge in [0.15, 0.2) is 0 Å². The van der Waals surface area contributed by atoms with Gasteiger partial charge in [0, 0.05) is 23.4 Å². The van der Waals surface area contributed by atoms with Crippen LogP contribution in [0.2, 0.25) is 0 Å². The fraction of sp³-hybridized carbons (Fsp3) is 0. The first-order chi connectivity index (χ1) is 13.2. The van der Waals surface area contributed by atoms with Gasteiger partial charge in [-0.2, -0.15) is 0 Å². The Morgan fingerprint density at radius 3 is 2.37 bits per heavy atom. The van der Waals surface area contributed by atoms with E-state index >= 15 is 0 Å². The van der Waals surface area contributed by atoms with E-state index in [0.717, 1.165) is 27.9 Å². The van der Waals surface area contributed by atoms with Gasteiger partial charge in [-0.05, 0) is 29.8 Å². The van der Waals surface area contributed by atoms with Crippen LogP contribution in [-0.4, -0.2) is 24.6 Å². The molecular weight excluding hydrogens is 338 g/mol. The molecule has 0 saturated carbocycles. The van der Waals surface area contributed by atoms with Crippen LogP contribution in [0.3, 0.4) is 0 Å². The molecule has 3 aromatic carbocycles. The van der Waals surface area contributed by atoms with Crippen molar-refractivity contribution in [3.05, 3.63) is 79.0 Å². The van der Waals surface area contributed by atoms with Crippen molar-refractivity contribution in [1.82, 2.24) is 14.4 Å². The highest BCUT2D eigenvalue weighted by molar-refractivity contribution is 5.90. The van der Waals surface area contributed by atoms with Crippen LogP contribution in [0.1, 0.15) is 0 Å². The van der Waals surface area contributed by atoms with Gasteiger partial charge in [0.2, 0.25) is 5.78 Å². The van der Waals surface area contributed by atoms with Crippen LogP contribution in [0.5, 0.6) is 11.5 Å². The van der Waals surface area contributed by atoms with Gasteiger partial charge in [-0.3, -0.25) is 4.40 Å². The molecule has 0 fully saturated rings. The van der Waals surface area contributed by atoms with Crippen LogP contribution in [0.4, 0.5) is 0 Å². The highest BCUT2D eigenvalue weighted by Gasteiger charge is 2.19. The van der Waals surface area contributed by atoms with Crippen molar-refractivity contribution < 1.29 is 10.2 Å². The molecule has 5 aromatic rings. The summed E-state index contributed by atoms with van der Waals surface area (Å²) in [6.07, 6.45) is 1.78. The van der Waals surface area contributed by atoms with Gasteiger partial charge < -0.3 is 10.2 Å². The molecule has 0 spiro atoms. The maximum Gasteiger partial charge on any atom is 0.235 e. The minimum atomic E-state index is -0.00235. The summed E-state index contributed by atoms with van der Waals surface area (Å²) in [7, 11) is 0. The summed E-state index contributed by atoms with van der Waals surface area (Å²) in [4.78, 5) is 9.15. The van der Waals surface area contributed by atoms with Crippen LogP contribution in [0.25, 0.3) is 39.2 Å². The minimum absolute atomic E-state index is 0.00235. The molecule has 2 heterocycles. The fourth-order valence-electron chi connectivity index (χ4n) is 3.44. The predicted octanol–water partition coefficient (Wildman–Crippen LogP) is 4.63. The molecule has 0 aliphatic rings. The number of rotatable bonds is 2. The number of benzene rings is 3. The first-order valence-electron chi connectivity index (χ1n) is 8.56. The van der Waals surface area contributed by atoms with Gasteiger partial charge in [0.25, 0.3) is 0 Å². The zero-order valence-electron chi connectivity index (χ0n) is 14.2. The lowest BCUT2D eigenvalue weighted by Crippen LogP contribution is -1.98. The molecule has 5 rings (SSSR count). The minimum Gasteiger partial charge on any atom is -0.508 e. The second-order valence-corrected chi connectivity index (χ2v) is 6.32. The normalized spacial score (nSPS) is 11.3. The van der Waals surface area contributed by atoms with Gasteiger partial charge in [-0.1, -0.05) is 42.5 Å². The molecule has 5 heteroatoms. The second-order valence-electron chi connectivity index (χ2n) is 6.32. The number of imidazole rings is 1. The Bertz CT molecular complexity index is 1290. The molecule has 2 N–H and O–H groups in total. The SMILES string of the molecule is Oc1ccc(-c2c(-c3ccccc3)cnc3nc4ccccc4n23)c(O)c1. The molecule has 0 atom stereocenters. The van der Waals surface area contributed by atoms with Crippen molar-refractivity contribution in [3.8, 4) is 33.9 Å². The van der Waals surface area contributed by atoms with Crippen LogP contribution in [0.15, 0.2) is 79.0 Å². The van der Waals surface area contributed by atoms with E-state index in [2.05, 4.69) is 9.97 Å². The van der Waals surface area contributed by atoms with Crippen LogP contribution in [-0.2, 0) is 0 Å². The average Bonchev–Trinajstić information content (AvgIpc) is 3.07. The van der Waals surface area contributed by atoms with E-state index in [4.69, 9.17) is 0 Å². The number of hydrogen-bond donors (Lipinski definition) is 2. The zero-order valence-corrected chi connectivity index (χ0v) is 14.2. The molecule has 0 radical (unpaired) electrons. The number of nitrogens with zero attached hydrogens (tertiary/aromatic N) is 3. The lowest BCUT2D eigenvalue weighted by Gasteiger charge is -2.14. The Hall–Kier alpha value is -3.86.